The van der Waals surface area contributed by atoms with Crippen LogP contribution in [0, 0.1) is 0 Å². The van der Waals surface area contributed by atoms with Gasteiger partial charge in [-0.05, 0) is 42.5 Å². The zero-order valence-electron chi connectivity index (χ0n) is 17.6. The second-order valence-corrected chi connectivity index (χ2v) is 7.40. The highest BCUT2D eigenvalue weighted by molar-refractivity contribution is 6.08. The predicted octanol–water partition coefficient (Wildman–Crippen LogP) is 3.44. The molecule has 2 amide bonds. The lowest BCUT2D eigenvalue weighted by atomic mass is 10.0. The Hall–Kier alpha value is -4.46. The maximum atomic E-state index is 13.1. The average Bonchev–Trinajstić information content (AvgIpc) is 2.87. The fourth-order valence-corrected chi connectivity index (χ4v) is 3.61. The summed E-state index contributed by atoms with van der Waals surface area (Å²) in [5.41, 5.74) is 3.09. The van der Waals surface area contributed by atoms with E-state index < -0.39 is 0 Å². The third-order valence-electron chi connectivity index (χ3n) is 5.15. The van der Waals surface area contributed by atoms with Crippen molar-refractivity contribution in [2.45, 2.75) is 0 Å². The number of aromatic nitrogens is 2. The number of pyridine rings is 2. The van der Waals surface area contributed by atoms with E-state index in [1.54, 1.807) is 24.4 Å². The molecule has 0 bridgehead atoms. The molecule has 0 saturated heterocycles. The van der Waals surface area contributed by atoms with Crippen molar-refractivity contribution in [3.05, 3.63) is 78.6 Å². The molecule has 2 aromatic carbocycles. The van der Waals surface area contributed by atoms with Crippen LogP contribution in [0.5, 0.6) is 11.5 Å². The minimum atomic E-state index is -0.367. The maximum absolute atomic E-state index is 13.1. The molecule has 2 aromatic heterocycles. The van der Waals surface area contributed by atoms with Gasteiger partial charge in [0.05, 0.1) is 35.2 Å². The lowest BCUT2D eigenvalue weighted by Gasteiger charge is -2.19. The Labute approximate surface area is 189 Å². The summed E-state index contributed by atoms with van der Waals surface area (Å²) < 4.78 is 11.3. The van der Waals surface area contributed by atoms with Crippen molar-refractivity contribution in [1.82, 2.24) is 15.3 Å². The summed E-state index contributed by atoms with van der Waals surface area (Å²) in [5, 5.41) is 6.09. The highest BCUT2D eigenvalue weighted by Gasteiger charge is 2.17. The Morgan fingerprint density at radius 3 is 2.64 bits per heavy atom. The van der Waals surface area contributed by atoms with Crippen LogP contribution < -0.4 is 20.1 Å². The first-order valence-corrected chi connectivity index (χ1v) is 10.5. The summed E-state index contributed by atoms with van der Waals surface area (Å²) in [4.78, 5) is 34.0. The van der Waals surface area contributed by atoms with Gasteiger partial charge in [-0.2, -0.15) is 0 Å². The second-order valence-electron chi connectivity index (χ2n) is 7.40. The fourth-order valence-electron chi connectivity index (χ4n) is 3.61. The van der Waals surface area contributed by atoms with Crippen LogP contribution in [0.1, 0.15) is 10.4 Å². The number of nitrogens with zero attached hydrogens (tertiary/aromatic N) is 2. The number of ether oxygens (including phenoxy) is 2. The summed E-state index contributed by atoms with van der Waals surface area (Å²) >= 11 is 0. The minimum Gasteiger partial charge on any atom is -0.486 e. The van der Waals surface area contributed by atoms with Crippen molar-refractivity contribution >= 4 is 28.4 Å². The van der Waals surface area contributed by atoms with Gasteiger partial charge in [0.2, 0.25) is 5.91 Å². The minimum absolute atomic E-state index is 0.177. The summed E-state index contributed by atoms with van der Waals surface area (Å²) in [6.45, 7) is 0.819. The van der Waals surface area contributed by atoms with Gasteiger partial charge >= 0.3 is 0 Å². The van der Waals surface area contributed by atoms with Crippen LogP contribution in [-0.4, -0.2) is 41.5 Å². The summed E-state index contributed by atoms with van der Waals surface area (Å²) in [7, 11) is 0. The number of nitrogens with one attached hydrogen (secondary N) is 2. The number of anilines is 1. The largest absolute Gasteiger partial charge is 0.486 e. The average molecular weight is 440 g/mol. The molecule has 0 aliphatic carbocycles. The monoisotopic (exact) mass is 440 g/mol. The first-order chi connectivity index (χ1) is 16.2. The Morgan fingerprint density at radius 2 is 1.79 bits per heavy atom. The molecule has 0 saturated carbocycles. The molecule has 164 valence electrons. The van der Waals surface area contributed by atoms with Gasteiger partial charge in [-0.15, -0.1) is 0 Å². The molecule has 33 heavy (non-hydrogen) atoms. The Kier molecular flexibility index (Phi) is 5.55. The van der Waals surface area contributed by atoms with Crippen molar-refractivity contribution < 1.29 is 19.1 Å². The van der Waals surface area contributed by atoms with E-state index in [2.05, 4.69) is 15.6 Å². The van der Waals surface area contributed by atoms with E-state index in [0.717, 1.165) is 5.56 Å². The van der Waals surface area contributed by atoms with Crippen molar-refractivity contribution in [1.29, 1.82) is 0 Å². The van der Waals surface area contributed by atoms with Crippen LogP contribution in [-0.2, 0) is 4.79 Å². The van der Waals surface area contributed by atoms with Gasteiger partial charge < -0.3 is 20.1 Å². The molecule has 1 aliphatic rings. The third kappa shape index (κ3) is 4.45. The zero-order chi connectivity index (χ0) is 22.6. The predicted molar refractivity (Wildman–Crippen MR) is 123 cm³/mol. The van der Waals surface area contributed by atoms with Crippen molar-refractivity contribution in [3.8, 4) is 22.8 Å². The van der Waals surface area contributed by atoms with Gasteiger partial charge in [-0.1, -0.05) is 18.2 Å². The van der Waals surface area contributed by atoms with E-state index in [1.807, 2.05) is 42.5 Å². The topological polar surface area (TPSA) is 102 Å². The van der Waals surface area contributed by atoms with Gasteiger partial charge in [0, 0.05) is 17.1 Å². The highest BCUT2D eigenvalue weighted by Crippen LogP contribution is 2.35. The number of carbonyl (C=O) groups is 2. The molecule has 0 fully saturated rings. The van der Waals surface area contributed by atoms with Crippen LogP contribution >= 0.6 is 0 Å². The Bertz CT molecular complexity index is 1340. The number of rotatable bonds is 5. The number of fused-ring (bicyclic) bond motifs is 2. The Balaban J connectivity index is 1.41. The van der Waals surface area contributed by atoms with E-state index >= 15 is 0 Å². The van der Waals surface area contributed by atoms with Crippen molar-refractivity contribution in [2.75, 3.05) is 25.1 Å². The lowest BCUT2D eigenvalue weighted by Crippen LogP contribution is -2.33. The smallest absolute Gasteiger partial charge is 0.252 e. The molecule has 8 heteroatoms. The lowest BCUT2D eigenvalue weighted by molar-refractivity contribution is -0.115. The SMILES string of the molecule is O=C(CNC(=O)c1cc(-c2ccc3c(c2)OCCO3)nc2ccccc12)Nc1cccnc1. The molecule has 0 atom stereocenters. The number of amides is 2. The van der Waals surface area contributed by atoms with Crippen molar-refractivity contribution in [2.24, 2.45) is 0 Å². The second kappa shape index (κ2) is 8.96. The quantitative estimate of drug-likeness (QED) is 0.493. The van der Waals surface area contributed by atoms with Crippen molar-refractivity contribution in [3.63, 3.8) is 0 Å². The normalized spacial score (nSPS) is 12.2. The standard InChI is InChI=1S/C25H20N4O4/c30-24(28-17-4-3-9-26-14-17)15-27-25(31)19-13-21(29-20-6-2-1-5-18(19)20)16-7-8-22-23(12-16)33-11-10-32-22/h1-9,12-14H,10-11,15H2,(H,27,31)(H,28,30). The number of hydrogen-bond donors (Lipinski definition) is 2. The third-order valence-corrected chi connectivity index (χ3v) is 5.15. The van der Waals surface area contributed by atoms with Gasteiger partial charge in [0.1, 0.15) is 13.2 Å². The number of benzene rings is 2. The first kappa shape index (κ1) is 20.4. The Morgan fingerprint density at radius 1 is 0.939 bits per heavy atom. The van der Waals surface area contributed by atoms with E-state index in [-0.39, 0.29) is 18.4 Å². The van der Waals surface area contributed by atoms with Gasteiger partial charge in [-0.25, -0.2) is 4.98 Å². The molecule has 0 spiro atoms. The van der Waals surface area contributed by atoms with Crippen LogP contribution in [0.4, 0.5) is 5.69 Å². The molecule has 5 rings (SSSR count). The summed E-state index contributed by atoms with van der Waals surface area (Å²) in [6.07, 6.45) is 3.15. The van der Waals surface area contributed by atoms with E-state index in [9.17, 15) is 9.59 Å². The molecule has 2 N–H and O–H groups in total. The van der Waals surface area contributed by atoms with E-state index in [1.165, 1.54) is 6.20 Å². The first-order valence-electron chi connectivity index (χ1n) is 10.5. The molecule has 4 aromatic rings. The van der Waals surface area contributed by atoms with Gasteiger partial charge in [-0.3, -0.25) is 14.6 Å². The summed E-state index contributed by atoms with van der Waals surface area (Å²) in [6, 6.07) is 18.1. The molecule has 0 unspecified atom stereocenters. The molecule has 1 aliphatic heterocycles. The van der Waals surface area contributed by atoms with Crippen LogP contribution in [0.25, 0.3) is 22.2 Å². The van der Waals surface area contributed by atoms with E-state index in [4.69, 9.17) is 14.5 Å². The highest BCUT2D eigenvalue weighted by atomic mass is 16.6. The summed E-state index contributed by atoms with van der Waals surface area (Å²) in [5.74, 6) is 0.616. The molecular formula is C25H20N4O4. The molecule has 3 heterocycles. The van der Waals surface area contributed by atoms with Gasteiger partial charge in [0.25, 0.3) is 5.91 Å². The maximum Gasteiger partial charge on any atom is 0.252 e. The number of carbonyl (C=O) groups excluding carboxylic acids is 2. The zero-order valence-corrected chi connectivity index (χ0v) is 17.6. The van der Waals surface area contributed by atoms with Crippen LogP contribution in [0.15, 0.2) is 73.1 Å². The number of para-hydroxylation sites is 1. The van der Waals surface area contributed by atoms with Crippen LogP contribution in [0.3, 0.4) is 0 Å². The number of hydrogen-bond acceptors (Lipinski definition) is 6. The molecule has 8 nitrogen and oxygen atoms in total. The van der Waals surface area contributed by atoms with E-state index in [0.29, 0.717) is 52.6 Å². The van der Waals surface area contributed by atoms with Gasteiger partial charge in [0.15, 0.2) is 11.5 Å². The fraction of sp³-hybridized carbons (Fsp3) is 0.120. The molecular weight excluding hydrogens is 420 g/mol. The molecule has 0 radical (unpaired) electrons. The van der Waals surface area contributed by atoms with Crippen LogP contribution in [0.2, 0.25) is 0 Å².